The highest BCUT2D eigenvalue weighted by molar-refractivity contribution is 5.84. The van der Waals surface area contributed by atoms with Gasteiger partial charge >= 0.3 is 6.09 Å². The van der Waals surface area contributed by atoms with Crippen LogP contribution in [0.4, 0.5) is 4.79 Å². The second-order valence-electron chi connectivity index (χ2n) is 7.12. The fourth-order valence-corrected chi connectivity index (χ4v) is 3.36. The second kappa shape index (κ2) is 11.8. The zero-order chi connectivity index (χ0) is 23.6. The van der Waals surface area contributed by atoms with Crippen molar-refractivity contribution in [2.24, 2.45) is 5.73 Å². The quantitative estimate of drug-likeness (QED) is 0.398. The number of furan rings is 2. The van der Waals surface area contributed by atoms with Crippen LogP contribution < -0.4 is 20.5 Å². The number of rotatable bonds is 8. The molecule has 0 aliphatic heterocycles. The van der Waals surface area contributed by atoms with Crippen molar-refractivity contribution in [2.45, 2.75) is 19.8 Å². The van der Waals surface area contributed by atoms with Gasteiger partial charge in [-0.15, -0.1) is 0 Å². The molecule has 2 aromatic heterocycles. The lowest BCUT2D eigenvalue weighted by atomic mass is 10.2. The Labute approximate surface area is 192 Å². The van der Waals surface area contributed by atoms with Crippen LogP contribution >= 0.6 is 0 Å². The lowest BCUT2D eigenvalue weighted by molar-refractivity contribution is 0.152. The molecular formula is C25H30N2O6. The lowest BCUT2D eigenvalue weighted by Gasteiger charge is -2.03. The summed E-state index contributed by atoms with van der Waals surface area (Å²) in [5.41, 5.74) is 7.00. The van der Waals surface area contributed by atoms with E-state index in [1.54, 1.807) is 21.1 Å². The highest BCUT2D eigenvalue weighted by atomic mass is 16.5. The number of fused-ring (bicyclic) bond motifs is 2. The van der Waals surface area contributed by atoms with Crippen molar-refractivity contribution >= 4 is 28.0 Å². The zero-order valence-corrected chi connectivity index (χ0v) is 19.2. The van der Waals surface area contributed by atoms with E-state index in [0.29, 0.717) is 31.9 Å². The summed E-state index contributed by atoms with van der Waals surface area (Å²) in [6.07, 6.45) is 0.963. The van der Waals surface area contributed by atoms with Crippen molar-refractivity contribution in [1.82, 2.24) is 5.32 Å². The molecule has 2 aromatic carbocycles. The van der Waals surface area contributed by atoms with E-state index < -0.39 is 6.09 Å². The van der Waals surface area contributed by atoms with Crippen LogP contribution in [-0.4, -0.2) is 40.0 Å². The molecule has 176 valence electrons. The Morgan fingerprint density at radius 3 is 1.94 bits per heavy atom. The van der Waals surface area contributed by atoms with E-state index in [4.69, 9.17) is 28.8 Å². The highest BCUT2D eigenvalue weighted by Crippen LogP contribution is 2.29. The van der Waals surface area contributed by atoms with Gasteiger partial charge in [-0.3, -0.25) is 0 Å². The van der Waals surface area contributed by atoms with Crippen LogP contribution in [0.1, 0.15) is 18.4 Å². The fourth-order valence-electron chi connectivity index (χ4n) is 3.36. The number of carbonyl (C=O) groups excluding carboxylic acids is 1. The van der Waals surface area contributed by atoms with Crippen molar-refractivity contribution in [3.63, 3.8) is 0 Å². The molecule has 0 radical (unpaired) electrons. The largest absolute Gasteiger partial charge is 0.493 e. The number of alkyl carbamates (subject to hydrolysis) is 1. The standard InChI is InChI=1S/C14H17NO4.C11H13NO2/c1-3-18-14(16)15-8-7-11-9-10-5-4-6-12(17-2)13(10)19-11;1-13-10-4-2-3-8-7-9(5-6-12)14-11(8)10/h4-6,9H,3,7-8H2,1-2H3,(H,15,16);2-4,7H,5-6,12H2,1H3. The molecule has 8 heteroatoms. The number of ether oxygens (including phenoxy) is 3. The van der Waals surface area contributed by atoms with Crippen LogP contribution in [0.25, 0.3) is 21.9 Å². The highest BCUT2D eigenvalue weighted by Gasteiger charge is 2.09. The van der Waals surface area contributed by atoms with Gasteiger partial charge in [0.1, 0.15) is 11.5 Å². The topological polar surface area (TPSA) is 109 Å². The predicted molar refractivity (Wildman–Crippen MR) is 127 cm³/mol. The molecule has 1 amide bonds. The first kappa shape index (κ1) is 24.0. The molecule has 2 heterocycles. The van der Waals surface area contributed by atoms with E-state index in [1.807, 2.05) is 48.5 Å². The van der Waals surface area contributed by atoms with Gasteiger partial charge in [-0.05, 0) is 37.7 Å². The fraction of sp³-hybridized carbons (Fsp3) is 0.320. The summed E-state index contributed by atoms with van der Waals surface area (Å²) >= 11 is 0. The molecule has 0 saturated heterocycles. The molecule has 4 rings (SSSR count). The van der Waals surface area contributed by atoms with Crippen LogP contribution in [0, 0.1) is 0 Å². The van der Waals surface area contributed by atoms with E-state index in [9.17, 15) is 4.79 Å². The maximum Gasteiger partial charge on any atom is 0.407 e. The molecule has 0 aliphatic carbocycles. The van der Waals surface area contributed by atoms with Crippen LogP contribution in [0.15, 0.2) is 57.4 Å². The summed E-state index contributed by atoms with van der Waals surface area (Å²) in [7, 11) is 3.25. The predicted octanol–water partition coefficient (Wildman–Crippen LogP) is 4.67. The van der Waals surface area contributed by atoms with E-state index in [1.165, 1.54) is 0 Å². The number of methoxy groups -OCH3 is 2. The van der Waals surface area contributed by atoms with Gasteiger partial charge in [-0.25, -0.2) is 4.79 Å². The molecule has 0 atom stereocenters. The minimum atomic E-state index is -0.406. The van der Waals surface area contributed by atoms with E-state index in [-0.39, 0.29) is 0 Å². The molecule has 0 bridgehead atoms. The Morgan fingerprint density at radius 2 is 1.45 bits per heavy atom. The summed E-state index contributed by atoms with van der Waals surface area (Å²) in [5.74, 6) is 3.19. The Morgan fingerprint density at radius 1 is 0.909 bits per heavy atom. The average molecular weight is 455 g/mol. The summed E-state index contributed by atoms with van der Waals surface area (Å²) in [6.45, 7) is 3.21. The number of para-hydroxylation sites is 2. The van der Waals surface area contributed by atoms with Gasteiger partial charge in [-0.2, -0.15) is 0 Å². The maximum atomic E-state index is 11.1. The first-order valence-electron chi connectivity index (χ1n) is 10.8. The normalized spacial score (nSPS) is 10.5. The Balaban J connectivity index is 0.000000194. The van der Waals surface area contributed by atoms with E-state index in [0.717, 1.165) is 45.6 Å². The van der Waals surface area contributed by atoms with Crippen LogP contribution in [0.2, 0.25) is 0 Å². The number of hydrogen-bond acceptors (Lipinski definition) is 7. The first-order chi connectivity index (χ1) is 16.1. The SMILES string of the molecule is CCOC(=O)NCCc1cc2cccc(OC)c2o1.COc1cccc2cc(CCN)oc12. The molecule has 4 aromatic rings. The van der Waals surface area contributed by atoms with Crippen LogP contribution in [0.5, 0.6) is 11.5 Å². The Kier molecular flexibility index (Phi) is 8.60. The second-order valence-corrected chi connectivity index (χ2v) is 7.12. The third-order valence-corrected chi connectivity index (χ3v) is 4.86. The summed E-state index contributed by atoms with van der Waals surface area (Å²) in [6, 6.07) is 15.5. The van der Waals surface area contributed by atoms with Crippen molar-refractivity contribution < 1.29 is 27.8 Å². The lowest BCUT2D eigenvalue weighted by Crippen LogP contribution is -2.26. The number of nitrogens with two attached hydrogens (primary N) is 1. The van der Waals surface area contributed by atoms with Gasteiger partial charge < -0.3 is 34.1 Å². The molecule has 8 nitrogen and oxygen atoms in total. The number of amides is 1. The number of nitrogens with one attached hydrogen (secondary N) is 1. The monoisotopic (exact) mass is 454 g/mol. The third kappa shape index (κ3) is 6.20. The Hall–Kier alpha value is -3.65. The van der Waals surface area contributed by atoms with Crippen molar-refractivity contribution in [3.8, 4) is 11.5 Å². The van der Waals surface area contributed by atoms with Gasteiger partial charge in [0.2, 0.25) is 0 Å². The van der Waals surface area contributed by atoms with Gasteiger partial charge in [0.05, 0.1) is 20.8 Å². The molecule has 0 aliphatic rings. The number of benzene rings is 2. The van der Waals surface area contributed by atoms with Gasteiger partial charge in [0.25, 0.3) is 0 Å². The first-order valence-corrected chi connectivity index (χ1v) is 10.8. The van der Waals surface area contributed by atoms with Crippen molar-refractivity contribution in [1.29, 1.82) is 0 Å². The van der Waals surface area contributed by atoms with Crippen molar-refractivity contribution in [2.75, 3.05) is 33.9 Å². The maximum absolute atomic E-state index is 11.1. The van der Waals surface area contributed by atoms with E-state index >= 15 is 0 Å². The molecular weight excluding hydrogens is 424 g/mol. The van der Waals surface area contributed by atoms with Crippen LogP contribution in [0.3, 0.4) is 0 Å². The minimum Gasteiger partial charge on any atom is -0.493 e. The average Bonchev–Trinajstić information content (AvgIpc) is 3.43. The summed E-state index contributed by atoms with van der Waals surface area (Å²) < 4.78 is 26.5. The van der Waals surface area contributed by atoms with Crippen molar-refractivity contribution in [3.05, 3.63) is 60.1 Å². The number of hydrogen-bond donors (Lipinski definition) is 2. The smallest absolute Gasteiger partial charge is 0.407 e. The van der Waals surface area contributed by atoms with Gasteiger partial charge in [-0.1, -0.05) is 24.3 Å². The molecule has 33 heavy (non-hydrogen) atoms. The van der Waals surface area contributed by atoms with Gasteiger partial charge in [0, 0.05) is 30.2 Å². The molecule has 0 spiro atoms. The minimum absolute atomic E-state index is 0.369. The molecule has 0 unspecified atom stereocenters. The summed E-state index contributed by atoms with van der Waals surface area (Å²) in [4.78, 5) is 11.1. The molecule has 3 N–H and O–H groups in total. The van der Waals surface area contributed by atoms with E-state index in [2.05, 4.69) is 5.32 Å². The third-order valence-electron chi connectivity index (χ3n) is 4.86. The molecule has 0 saturated carbocycles. The number of carbonyl (C=O) groups is 1. The Bertz CT molecular complexity index is 1180. The summed E-state index contributed by atoms with van der Waals surface area (Å²) in [5, 5.41) is 4.71. The zero-order valence-electron chi connectivity index (χ0n) is 19.2. The molecule has 0 fully saturated rings. The van der Waals surface area contributed by atoms with Gasteiger partial charge in [0.15, 0.2) is 22.7 Å². The van der Waals surface area contributed by atoms with Crippen LogP contribution in [-0.2, 0) is 17.6 Å².